The molecule has 1 aliphatic carbocycles. The van der Waals surface area contributed by atoms with Gasteiger partial charge in [-0.3, -0.25) is 9.59 Å². The maximum atomic E-state index is 12.2. The summed E-state index contributed by atoms with van der Waals surface area (Å²) in [6.07, 6.45) is 0.520. The van der Waals surface area contributed by atoms with Crippen LogP contribution in [0.3, 0.4) is 0 Å². The first kappa shape index (κ1) is 19.7. The van der Waals surface area contributed by atoms with E-state index in [1.807, 2.05) is 0 Å². The standard InChI is InChI=1S/C13H20F3NO5S/c1-12(2,3)11(19)22-9-5-4-8(6-9)7-10(18)17-23(20,21)13(14,15)16/h8-9H,4-7H2,1-3H3,(H,17,18). The van der Waals surface area contributed by atoms with Crippen LogP contribution in [0.4, 0.5) is 13.2 Å². The molecule has 0 aliphatic heterocycles. The Balaban J connectivity index is 2.49. The van der Waals surface area contributed by atoms with Crippen LogP contribution in [0.5, 0.6) is 0 Å². The first-order valence-electron chi connectivity index (χ1n) is 7.05. The fraction of sp³-hybridized carbons (Fsp3) is 0.846. The van der Waals surface area contributed by atoms with Gasteiger partial charge in [0.2, 0.25) is 5.91 Å². The van der Waals surface area contributed by atoms with Crippen molar-refractivity contribution in [3.05, 3.63) is 0 Å². The summed E-state index contributed by atoms with van der Waals surface area (Å²) >= 11 is 0. The second-order valence-electron chi connectivity index (χ2n) is 6.63. The Bertz CT molecular complexity index is 565. The Morgan fingerprint density at radius 1 is 1.17 bits per heavy atom. The Labute approximate surface area is 132 Å². The van der Waals surface area contributed by atoms with E-state index in [4.69, 9.17) is 4.74 Å². The molecule has 1 fully saturated rings. The van der Waals surface area contributed by atoms with E-state index in [1.165, 1.54) is 0 Å². The number of sulfonamides is 1. The zero-order chi connectivity index (χ0) is 18.1. The SMILES string of the molecule is CC(C)(C)C(=O)OC1CCC(CC(=O)NS(=O)(=O)C(F)(F)F)C1. The van der Waals surface area contributed by atoms with E-state index in [2.05, 4.69) is 0 Å². The summed E-state index contributed by atoms with van der Waals surface area (Å²) < 4.78 is 64.4. The van der Waals surface area contributed by atoms with Crippen LogP contribution in [0.15, 0.2) is 0 Å². The van der Waals surface area contributed by atoms with Crippen molar-refractivity contribution in [2.45, 2.75) is 58.1 Å². The second kappa shape index (κ2) is 6.66. The summed E-state index contributed by atoms with van der Waals surface area (Å²) in [6, 6.07) is 0. The quantitative estimate of drug-likeness (QED) is 0.777. The van der Waals surface area contributed by atoms with Crippen molar-refractivity contribution in [2.24, 2.45) is 11.3 Å². The van der Waals surface area contributed by atoms with Crippen molar-refractivity contribution >= 4 is 21.9 Å². The Morgan fingerprint density at radius 3 is 2.22 bits per heavy atom. The predicted octanol–water partition coefficient (Wildman–Crippen LogP) is 2.10. The number of ether oxygens (including phenoxy) is 1. The molecule has 134 valence electrons. The van der Waals surface area contributed by atoms with Gasteiger partial charge < -0.3 is 4.74 Å². The highest BCUT2D eigenvalue weighted by molar-refractivity contribution is 7.90. The van der Waals surface area contributed by atoms with Crippen LogP contribution in [0, 0.1) is 11.3 Å². The fourth-order valence-electron chi connectivity index (χ4n) is 2.16. The molecule has 0 aromatic rings. The number of halogens is 3. The molecule has 23 heavy (non-hydrogen) atoms. The highest BCUT2D eigenvalue weighted by atomic mass is 32.2. The van der Waals surface area contributed by atoms with Gasteiger partial charge in [0, 0.05) is 6.42 Å². The Morgan fingerprint density at radius 2 is 1.74 bits per heavy atom. The van der Waals surface area contributed by atoms with Crippen LogP contribution in [-0.4, -0.2) is 31.9 Å². The lowest BCUT2D eigenvalue weighted by molar-refractivity contribution is -0.158. The highest BCUT2D eigenvalue weighted by Gasteiger charge is 2.47. The Hall–Kier alpha value is -1.32. The number of rotatable bonds is 4. The second-order valence-corrected chi connectivity index (χ2v) is 8.31. The van der Waals surface area contributed by atoms with E-state index in [9.17, 15) is 31.2 Å². The monoisotopic (exact) mass is 359 g/mol. The molecule has 1 N–H and O–H groups in total. The molecule has 1 aliphatic rings. The first-order valence-corrected chi connectivity index (χ1v) is 8.53. The van der Waals surface area contributed by atoms with Gasteiger partial charge >= 0.3 is 21.5 Å². The fourth-order valence-corrected chi connectivity index (χ4v) is 2.66. The number of hydrogen-bond donors (Lipinski definition) is 1. The number of carbonyl (C=O) groups excluding carboxylic acids is 2. The van der Waals surface area contributed by atoms with Gasteiger partial charge in [-0.2, -0.15) is 21.6 Å². The minimum atomic E-state index is -5.68. The molecule has 10 heteroatoms. The molecule has 0 radical (unpaired) electrons. The average Bonchev–Trinajstić information content (AvgIpc) is 2.72. The minimum absolute atomic E-state index is 0.321. The summed E-state index contributed by atoms with van der Waals surface area (Å²) in [5, 5.41) is 0. The maximum Gasteiger partial charge on any atom is 0.516 e. The molecule has 0 aromatic heterocycles. The van der Waals surface area contributed by atoms with Crippen LogP contribution in [-0.2, 0) is 24.3 Å². The molecule has 1 saturated carbocycles. The number of esters is 1. The van der Waals surface area contributed by atoms with Crippen LogP contribution in [0.25, 0.3) is 0 Å². The van der Waals surface area contributed by atoms with E-state index in [0.717, 1.165) is 4.72 Å². The lowest BCUT2D eigenvalue weighted by Crippen LogP contribution is -2.40. The van der Waals surface area contributed by atoms with Gasteiger partial charge in [-0.15, -0.1) is 0 Å². The largest absolute Gasteiger partial charge is 0.516 e. The van der Waals surface area contributed by atoms with Crippen LogP contribution in [0.2, 0.25) is 0 Å². The predicted molar refractivity (Wildman–Crippen MR) is 74.4 cm³/mol. The lowest BCUT2D eigenvalue weighted by atomic mass is 9.97. The van der Waals surface area contributed by atoms with E-state index in [-0.39, 0.29) is 12.3 Å². The molecule has 2 atom stereocenters. The third-order valence-electron chi connectivity index (χ3n) is 3.41. The third kappa shape index (κ3) is 5.67. The maximum absolute atomic E-state index is 12.2. The van der Waals surface area contributed by atoms with Crippen LogP contribution < -0.4 is 4.72 Å². The van der Waals surface area contributed by atoms with Gasteiger partial charge in [-0.1, -0.05) is 0 Å². The molecule has 2 unspecified atom stereocenters. The molecule has 1 rings (SSSR count). The lowest BCUT2D eigenvalue weighted by Gasteiger charge is -2.20. The zero-order valence-corrected chi connectivity index (χ0v) is 13.9. The van der Waals surface area contributed by atoms with Gasteiger partial charge in [-0.05, 0) is 46.0 Å². The number of hydrogen-bond acceptors (Lipinski definition) is 5. The third-order valence-corrected chi connectivity index (χ3v) is 4.51. The minimum Gasteiger partial charge on any atom is -0.462 e. The molecule has 0 aromatic carbocycles. The van der Waals surface area contributed by atoms with Crippen LogP contribution in [0.1, 0.15) is 46.5 Å². The van der Waals surface area contributed by atoms with Gasteiger partial charge in [0.15, 0.2) is 0 Å². The molecule has 0 saturated heterocycles. The van der Waals surface area contributed by atoms with E-state index in [1.54, 1.807) is 20.8 Å². The van der Waals surface area contributed by atoms with Crippen molar-refractivity contribution in [3.63, 3.8) is 0 Å². The van der Waals surface area contributed by atoms with Gasteiger partial charge in [-0.25, -0.2) is 4.72 Å². The van der Waals surface area contributed by atoms with Crippen molar-refractivity contribution in [3.8, 4) is 0 Å². The van der Waals surface area contributed by atoms with Crippen molar-refractivity contribution in [1.29, 1.82) is 0 Å². The van der Waals surface area contributed by atoms with E-state index < -0.39 is 38.9 Å². The Kier molecular flexibility index (Phi) is 5.71. The highest BCUT2D eigenvalue weighted by Crippen LogP contribution is 2.32. The summed E-state index contributed by atoms with van der Waals surface area (Å²) in [5.41, 5.74) is -6.20. The molecular formula is C13H20F3NO5S. The molecule has 0 spiro atoms. The summed E-state index contributed by atoms with van der Waals surface area (Å²) in [7, 11) is -5.68. The van der Waals surface area contributed by atoms with E-state index >= 15 is 0 Å². The van der Waals surface area contributed by atoms with Gasteiger partial charge in [0.1, 0.15) is 6.10 Å². The molecular weight excluding hydrogens is 339 g/mol. The molecule has 1 amide bonds. The molecule has 6 nitrogen and oxygen atoms in total. The van der Waals surface area contributed by atoms with Crippen molar-refractivity contribution < 1.29 is 35.9 Å². The number of nitrogens with one attached hydrogen (secondary N) is 1. The number of amides is 1. The smallest absolute Gasteiger partial charge is 0.462 e. The van der Waals surface area contributed by atoms with E-state index in [0.29, 0.717) is 19.3 Å². The number of carbonyl (C=O) groups is 2. The average molecular weight is 359 g/mol. The number of alkyl halides is 3. The molecule has 0 bridgehead atoms. The zero-order valence-electron chi connectivity index (χ0n) is 13.1. The van der Waals surface area contributed by atoms with Crippen LogP contribution >= 0.6 is 0 Å². The summed E-state index contributed by atoms with van der Waals surface area (Å²) in [4.78, 5) is 23.2. The van der Waals surface area contributed by atoms with Crippen molar-refractivity contribution in [2.75, 3.05) is 0 Å². The van der Waals surface area contributed by atoms with Gasteiger partial charge in [0.25, 0.3) is 0 Å². The molecule has 0 heterocycles. The first-order chi connectivity index (χ1) is 10.2. The summed E-state index contributed by atoms with van der Waals surface area (Å²) in [6.45, 7) is 5.08. The van der Waals surface area contributed by atoms with Crippen molar-refractivity contribution in [1.82, 2.24) is 4.72 Å². The topological polar surface area (TPSA) is 89.5 Å². The summed E-state index contributed by atoms with van der Waals surface area (Å²) in [5.74, 6) is -1.93. The normalized spacial score (nSPS) is 22.7. The van der Waals surface area contributed by atoms with Gasteiger partial charge in [0.05, 0.1) is 5.41 Å².